The summed E-state index contributed by atoms with van der Waals surface area (Å²) < 4.78 is 32.8. The van der Waals surface area contributed by atoms with Crippen molar-refractivity contribution in [2.24, 2.45) is 0 Å². The Kier molecular flexibility index (Phi) is 4.91. The van der Waals surface area contributed by atoms with Gasteiger partial charge in [-0.15, -0.1) is 0 Å². The van der Waals surface area contributed by atoms with Gasteiger partial charge in [0, 0.05) is 17.7 Å². The van der Waals surface area contributed by atoms with E-state index in [-0.39, 0.29) is 6.04 Å². The third kappa shape index (κ3) is 3.39. The van der Waals surface area contributed by atoms with Crippen molar-refractivity contribution in [2.75, 3.05) is 14.2 Å². The van der Waals surface area contributed by atoms with Crippen molar-refractivity contribution in [1.82, 2.24) is 5.32 Å². The zero-order valence-electron chi connectivity index (χ0n) is 12.4. The molecule has 0 aromatic heterocycles. The van der Waals surface area contributed by atoms with E-state index in [0.717, 1.165) is 17.4 Å². The molecule has 4 heteroatoms. The highest BCUT2D eigenvalue weighted by molar-refractivity contribution is 5.36. The number of halogens is 2. The van der Waals surface area contributed by atoms with Crippen molar-refractivity contribution in [2.45, 2.75) is 19.4 Å². The van der Waals surface area contributed by atoms with Gasteiger partial charge in [-0.25, -0.2) is 8.78 Å². The monoisotopic (exact) mass is 291 g/mol. The molecule has 1 atom stereocenters. The molecule has 0 aliphatic rings. The molecular formula is C17H19F2NO. The molecule has 0 heterocycles. The lowest BCUT2D eigenvalue weighted by molar-refractivity contribution is 0.405. The first-order valence-electron chi connectivity index (χ1n) is 6.81. The van der Waals surface area contributed by atoms with E-state index in [1.54, 1.807) is 27.1 Å². The number of aryl methyl sites for hydroxylation is 1. The molecule has 0 amide bonds. The summed E-state index contributed by atoms with van der Waals surface area (Å²) in [6, 6.07) is 9.86. The summed E-state index contributed by atoms with van der Waals surface area (Å²) in [5, 5.41) is 3.09. The Morgan fingerprint density at radius 2 is 1.86 bits per heavy atom. The summed E-state index contributed by atoms with van der Waals surface area (Å²) in [4.78, 5) is 0. The second-order valence-corrected chi connectivity index (χ2v) is 4.98. The van der Waals surface area contributed by atoms with Crippen LogP contribution in [0.25, 0.3) is 0 Å². The lowest BCUT2D eigenvalue weighted by Crippen LogP contribution is -2.20. The lowest BCUT2D eigenvalue weighted by atomic mass is 9.96. The molecule has 0 spiro atoms. The van der Waals surface area contributed by atoms with Gasteiger partial charge >= 0.3 is 0 Å². The van der Waals surface area contributed by atoms with E-state index in [1.165, 1.54) is 0 Å². The van der Waals surface area contributed by atoms with Crippen molar-refractivity contribution in [3.05, 3.63) is 64.7 Å². The van der Waals surface area contributed by atoms with Gasteiger partial charge in [0.05, 0.1) is 7.11 Å². The smallest absolute Gasteiger partial charge is 0.130 e. The van der Waals surface area contributed by atoms with Crippen molar-refractivity contribution in [1.29, 1.82) is 0 Å². The van der Waals surface area contributed by atoms with Crippen LogP contribution in [0.1, 0.15) is 22.7 Å². The van der Waals surface area contributed by atoms with Gasteiger partial charge in [-0.05, 0) is 43.7 Å². The number of likely N-dealkylation sites (N-methyl/N-ethyl adjacent to an activating group) is 1. The molecule has 0 aliphatic carbocycles. The highest BCUT2D eigenvalue weighted by Crippen LogP contribution is 2.27. The Balaban J connectivity index is 2.34. The first-order valence-corrected chi connectivity index (χ1v) is 6.81. The molecule has 1 N–H and O–H groups in total. The van der Waals surface area contributed by atoms with Gasteiger partial charge in [0.1, 0.15) is 17.4 Å². The normalized spacial score (nSPS) is 12.2. The van der Waals surface area contributed by atoms with E-state index in [4.69, 9.17) is 4.74 Å². The number of hydrogen-bond acceptors (Lipinski definition) is 2. The number of methoxy groups -OCH3 is 1. The Hall–Kier alpha value is -1.94. The minimum Gasteiger partial charge on any atom is -0.496 e. The average Bonchev–Trinajstić information content (AvgIpc) is 2.49. The Morgan fingerprint density at radius 1 is 1.14 bits per heavy atom. The fourth-order valence-electron chi connectivity index (χ4n) is 2.41. The molecule has 112 valence electrons. The summed E-state index contributed by atoms with van der Waals surface area (Å²) in [6.07, 6.45) is 0.558. The molecule has 2 aromatic rings. The summed E-state index contributed by atoms with van der Waals surface area (Å²) in [5.74, 6) is -0.298. The second kappa shape index (κ2) is 6.68. The minimum atomic E-state index is -0.535. The van der Waals surface area contributed by atoms with E-state index in [1.807, 2.05) is 24.3 Å². The third-order valence-corrected chi connectivity index (χ3v) is 3.62. The van der Waals surface area contributed by atoms with Gasteiger partial charge < -0.3 is 10.1 Å². The molecular weight excluding hydrogens is 272 g/mol. The van der Waals surface area contributed by atoms with E-state index in [9.17, 15) is 8.78 Å². The van der Waals surface area contributed by atoms with Crippen molar-refractivity contribution < 1.29 is 13.5 Å². The lowest BCUT2D eigenvalue weighted by Gasteiger charge is -2.19. The molecule has 0 aliphatic heterocycles. The minimum absolute atomic E-state index is 0.249. The van der Waals surface area contributed by atoms with Gasteiger partial charge in [0.25, 0.3) is 0 Å². The number of hydrogen-bond donors (Lipinski definition) is 1. The van der Waals surface area contributed by atoms with Crippen LogP contribution in [0.3, 0.4) is 0 Å². The topological polar surface area (TPSA) is 21.3 Å². The average molecular weight is 291 g/mol. The summed E-state index contributed by atoms with van der Waals surface area (Å²) in [7, 11) is 3.37. The van der Waals surface area contributed by atoms with Crippen LogP contribution in [-0.2, 0) is 6.42 Å². The Bertz CT molecular complexity index is 628. The molecule has 1 unspecified atom stereocenters. The molecule has 0 saturated carbocycles. The van der Waals surface area contributed by atoms with Crippen LogP contribution in [0.5, 0.6) is 5.75 Å². The highest BCUT2D eigenvalue weighted by atomic mass is 19.1. The predicted octanol–water partition coefficient (Wildman–Crippen LogP) is 3.79. The number of ether oxygens (including phenoxy) is 1. The fourth-order valence-corrected chi connectivity index (χ4v) is 2.41. The van der Waals surface area contributed by atoms with Gasteiger partial charge in [0.15, 0.2) is 0 Å². The van der Waals surface area contributed by atoms with Gasteiger partial charge in [-0.3, -0.25) is 0 Å². The largest absolute Gasteiger partial charge is 0.496 e. The van der Waals surface area contributed by atoms with Crippen molar-refractivity contribution >= 4 is 0 Å². The molecule has 2 nitrogen and oxygen atoms in total. The highest BCUT2D eigenvalue weighted by Gasteiger charge is 2.18. The summed E-state index contributed by atoms with van der Waals surface area (Å²) in [5.41, 5.74) is 1.87. The number of rotatable bonds is 5. The van der Waals surface area contributed by atoms with E-state index >= 15 is 0 Å². The predicted molar refractivity (Wildman–Crippen MR) is 79.6 cm³/mol. The maximum Gasteiger partial charge on any atom is 0.130 e. The van der Waals surface area contributed by atoms with Crippen LogP contribution in [0, 0.1) is 18.6 Å². The summed E-state index contributed by atoms with van der Waals surface area (Å²) >= 11 is 0. The van der Waals surface area contributed by atoms with Crippen LogP contribution in [0.15, 0.2) is 36.4 Å². The van der Waals surface area contributed by atoms with Crippen LogP contribution in [0.4, 0.5) is 8.78 Å². The first-order chi connectivity index (χ1) is 10.1. The zero-order valence-corrected chi connectivity index (χ0v) is 12.4. The van der Waals surface area contributed by atoms with Crippen molar-refractivity contribution in [3.63, 3.8) is 0 Å². The zero-order chi connectivity index (χ0) is 15.4. The SMILES string of the molecule is CNC(Cc1ccccc1OC)c1cc(C)c(F)cc1F. The molecule has 0 fully saturated rings. The fraction of sp³-hybridized carbons (Fsp3) is 0.294. The Morgan fingerprint density at radius 3 is 2.52 bits per heavy atom. The number of nitrogens with one attached hydrogen (secondary N) is 1. The van der Waals surface area contributed by atoms with E-state index in [0.29, 0.717) is 17.5 Å². The van der Waals surface area contributed by atoms with Gasteiger partial charge in [0.2, 0.25) is 0 Å². The molecule has 2 aromatic carbocycles. The summed E-state index contributed by atoms with van der Waals surface area (Å²) in [6.45, 7) is 1.63. The second-order valence-electron chi connectivity index (χ2n) is 4.98. The molecule has 0 bridgehead atoms. The molecule has 2 rings (SSSR count). The molecule has 0 radical (unpaired) electrons. The van der Waals surface area contributed by atoms with Crippen molar-refractivity contribution in [3.8, 4) is 5.75 Å². The first kappa shape index (κ1) is 15.4. The number of benzene rings is 2. The standard InChI is InChI=1S/C17H19F2NO/c1-11-8-13(15(19)10-14(11)18)16(20-2)9-12-6-4-5-7-17(12)21-3/h4-8,10,16,20H,9H2,1-3H3. The maximum atomic E-state index is 14.0. The maximum absolute atomic E-state index is 14.0. The van der Waals surface area contributed by atoms with Crippen LogP contribution in [0.2, 0.25) is 0 Å². The van der Waals surface area contributed by atoms with Crippen LogP contribution >= 0.6 is 0 Å². The number of para-hydroxylation sites is 1. The van der Waals surface area contributed by atoms with E-state index in [2.05, 4.69) is 5.32 Å². The molecule has 21 heavy (non-hydrogen) atoms. The van der Waals surface area contributed by atoms with Gasteiger partial charge in [-0.2, -0.15) is 0 Å². The van der Waals surface area contributed by atoms with E-state index < -0.39 is 11.6 Å². The third-order valence-electron chi connectivity index (χ3n) is 3.62. The van der Waals surface area contributed by atoms with Gasteiger partial charge in [-0.1, -0.05) is 18.2 Å². The van der Waals surface area contributed by atoms with Crippen LogP contribution in [-0.4, -0.2) is 14.2 Å². The quantitative estimate of drug-likeness (QED) is 0.905. The Labute approximate surface area is 123 Å². The van der Waals surface area contributed by atoms with Crippen LogP contribution < -0.4 is 10.1 Å². The molecule has 0 saturated heterocycles.